The third kappa shape index (κ3) is 2.94. The van der Waals surface area contributed by atoms with Gasteiger partial charge in [0.25, 0.3) is 0 Å². The predicted molar refractivity (Wildman–Crippen MR) is 57.4 cm³/mol. The van der Waals surface area contributed by atoms with E-state index in [4.69, 9.17) is 22.1 Å². The van der Waals surface area contributed by atoms with Gasteiger partial charge < -0.3 is 10.5 Å². The summed E-state index contributed by atoms with van der Waals surface area (Å²) in [6.45, 7) is 1.94. The van der Waals surface area contributed by atoms with E-state index in [-0.39, 0.29) is 12.1 Å². The van der Waals surface area contributed by atoms with Crippen molar-refractivity contribution >= 4 is 11.6 Å². The van der Waals surface area contributed by atoms with Crippen molar-refractivity contribution in [1.82, 2.24) is 4.98 Å². The Morgan fingerprint density at radius 2 is 2.36 bits per heavy atom. The number of pyridine rings is 1. The minimum absolute atomic E-state index is 0.0271. The highest BCUT2D eigenvalue weighted by atomic mass is 35.5. The zero-order chi connectivity index (χ0) is 10.6. The van der Waals surface area contributed by atoms with Crippen LogP contribution in [0, 0.1) is 0 Å². The van der Waals surface area contributed by atoms with Crippen molar-refractivity contribution in [2.45, 2.75) is 25.5 Å². The second-order valence-corrected chi connectivity index (χ2v) is 3.68. The molecule has 3 nitrogen and oxygen atoms in total. The Balaban J connectivity index is 2.64. The lowest BCUT2D eigenvalue weighted by atomic mass is 10.0. The molecular formula is C10H15ClN2O. The van der Waals surface area contributed by atoms with Crippen LogP contribution in [0.15, 0.2) is 18.5 Å². The molecular weight excluding hydrogens is 200 g/mol. The summed E-state index contributed by atoms with van der Waals surface area (Å²) in [5.41, 5.74) is 6.94. The van der Waals surface area contributed by atoms with E-state index in [1.807, 2.05) is 13.0 Å². The second kappa shape index (κ2) is 5.29. The Bertz CT molecular complexity index is 293. The van der Waals surface area contributed by atoms with Gasteiger partial charge in [-0.15, -0.1) is 0 Å². The molecule has 1 rings (SSSR count). The van der Waals surface area contributed by atoms with E-state index in [9.17, 15) is 0 Å². The molecule has 78 valence electrons. The highest BCUT2D eigenvalue weighted by Crippen LogP contribution is 2.15. The number of nitrogens with two attached hydrogens (primary N) is 1. The summed E-state index contributed by atoms with van der Waals surface area (Å²) < 4.78 is 5.14. The molecule has 14 heavy (non-hydrogen) atoms. The molecule has 0 aliphatic carbocycles. The largest absolute Gasteiger partial charge is 0.380 e. The number of nitrogens with zero attached hydrogens (tertiary/aromatic N) is 1. The molecule has 0 saturated heterocycles. The van der Waals surface area contributed by atoms with E-state index in [1.165, 1.54) is 0 Å². The first kappa shape index (κ1) is 11.4. The smallest absolute Gasteiger partial charge is 0.0697 e. The first-order valence-corrected chi connectivity index (χ1v) is 4.89. The fraction of sp³-hybridized carbons (Fsp3) is 0.500. The van der Waals surface area contributed by atoms with E-state index in [0.29, 0.717) is 11.4 Å². The van der Waals surface area contributed by atoms with Crippen molar-refractivity contribution in [2.24, 2.45) is 5.73 Å². The molecule has 0 saturated carbocycles. The van der Waals surface area contributed by atoms with Crippen molar-refractivity contribution in [3.05, 3.63) is 29.0 Å². The summed E-state index contributed by atoms with van der Waals surface area (Å²) in [4.78, 5) is 3.91. The van der Waals surface area contributed by atoms with E-state index in [2.05, 4.69) is 4.98 Å². The standard InChI is InChI=1S/C10H15ClN2O/c1-7(14-2)10(12)5-8-3-4-13-6-9(8)11/h3-4,6-7,10H,5,12H2,1-2H3. The summed E-state index contributed by atoms with van der Waals surface area (Å²) in [6, 6.07) is 1.84. The normalized spacial score (nSPS) is 15.1. The summed E-state index contributed by atoms with van der Waals surface area (Å²) in [5.74, 6) is 0. The van der Waals surface area contributed by atoms with Crippen molar-refractivity contribution in [3.8, 4) is 0 Å². The molecule has 0 spiro atoms. The van der Waals surface area contributed by atoms with Crippen LogP contribution in [-0.2, 0) is 11.2 Å². The van der Waals surface area contributed by atoms with Gasteiger partial charge in [-0.1, -0.05) is 11.6 Å². The molecule has 4 heteroatoms. The maximum atomic E-state index is 5.96. The fourth-order valence-corrected chi connectivity index (χ4v) is 1.36. The Kier molecular flexibility index (Phi) is 4.32. The molecule has 0 aliphatic heterocycles. The van der Waals surface area contributed by atoms with Gasteiger partial charge in [-0.05, 0) is 25.0 Å². The Labute approximate surface area is 89.2 Å². The summed E-state index contributed by atoms with van der Waals surface area (Å²) in [6.07, 6.45) is 4.07. The maximum Gasteiger partial charge on any atom is 0.0697 e. The lowest BCUT2D eigenvalue weighted by Crippen LogP contribution is -2.35. The van der Waals surface area contributed by atoms with Gasteiger partial charge in [0.05, 0.1) is 11.1 Å². The zero-order valence-electron chi connectivity index (χ0n) is 8.40. The van der Waals surface area contributed by atoms with E-state index in [1.54, 1.807) is 19.5 Å². The van der Waals surface area contributed by atoms with Crippen LogP contribution in [0.2, 0.25) is 5.02 Å². The van der Waals surface area contributed by atoms with Gasteiger partial charge in [-0.3, -0.25) is 4.98 Å². The van der Waals surface area contributed by atoms with Gasteiger partial charge in [-0.2, -0.15) is 0 Å². The van der Waals surface area contributed by atoms with Crippen LogP contribution >= 0.6 is 11.6 Å². The average molecular weight is 215 g/mol. The minimum Gasteiger partial charge on any atom is -0.380 e. The quantitative estimate of drug-likeness (QED) is 0.829. The highest BCUT2D eigenvalue weighted by Gasteiger charge is 2.13. The number of hydrogen-bond donors (Lipinski definition) is 1. The van der Waals surface area contributed by atoms with Crippen molar-refractivity contribution in [1.29, 1.82) is 0 Å². The topological polar surface area (TPSA) is 48.1 Å². The number of methoxy groups -OCH3 is 1. The molecule has 1 heterocycles. The SMILES string of the molecule is COC(C)C(N)Cc1ccncc1Cl. The molecule has 0 fully saturated rings. The number of rotatable bonds is 4. The molecule has 0 amide bonds. The number of hydrogen-bond acceptors (Lipinski definition) is 3. The monoisotopic (exact) mass is 214 g/mol. The fourth-order valence-electron chi connectivity index (χ4n) is 1.16. The molecule has 2 atom stereocenters. The molecule has 0 radical (unpaired) electrons. The number of aromatic nitrogens is 1. The third-order valence-electron chi connectivity index (χ3n) is 2.29. The molecule has 1 aromatic heterocycles. The lowest BCUT2D eigenvalue weighted by molar-refractivity contribution is 0.0956. The lowest BCUT2D eigenvalue weighted by Gasteiger charge is -2.18. The molecule has 0 bridgehead atoms. The first-order chi connectivity index (χ1) is 6.65. The molecule has 1 aromatic rings. The average Bonchev–Trinajstić information content (AvgIpc) is 2.20. The van der Waals surface area contributed by atoms with Gasteiger partial charge in [0.1, 0.15) is 0 Å². The predicted octanol–water partition coefficient (Wildman–Crippen LogP) is 1.64. The summed E-state index contributed by atoms with van der Waals surface area (Å²) in [7, 11) is 1.65. The van der Waals surface area contributed by atoms with Crippen LogP contribution in [0.25, 0.3) is 0 Å². The van der Waals surface area contributed by atoms with E-state index >= 15 is 0 Å². The molecule has 2 unspecified atom stereocenters. The summed E-state index contributed by atoms with van der Waals surface area (Å²) >= 11 is 5.96. The number of ether oxygens (including phenoxy) is 1. The molecule has 2 N–H and O–H groups in total. The molecule has 0 aliphatic rings. The second-order valence-electron chi connectivity index (χ2n) is 3.28. The Morgan fingerprint density at radius 3 is 2.93 bits per heavy atom. The van der Waals surface area contributed by atoms with Crippen molar-refractivity contribution < 1.29 is 4.74 Å². The molecule has 0 aromatic carbocycles. The van der Waals surface area contributed by atoms with Gasteiger partial charge in [0.2, 0.25) is 0 Å². The van der Waals surface area contributed by atoms with Crippen molar-refractivity contribution in [3.63, 3.8) is 0 Å². The Hall–Kier alpha value is -0.640. The number of halogens is 1. The van der Waals surface area contributed by atoms with Crippen LogP contribution in [-0.4, -0.2) is 24.2 Å². The minimum atomic E-state index is -0.0418. The highest BCUT2D eigenvalue weighted by molar-refractivity contribution is 6.31. The maximum absolute atomic E-state index is 5.96. The summed E-state index contributed by atoms with van der Waals surface area (Å²) in [5, 5.41) is 0.659. The van der Waals surface area contributed by atoms with Crippen LogP contribution in [0.1, 0.15) is 12.5 Å². The van der Waals surface area contributed by atoms with Gasteiger partial charge in [0, 0.05) is 25.5 Å². The van der Waals surface area contributed by atoms with Crippen LogP contribution in [0.4, 0.5) is 0 Å². The van der Waals surface area contributed by atoms with Gasteiger partial charge >= 0.3 is 0 Å². The van der Waals surface area contributed by atoms with E-state index in [0.717, 1.165) is 5.56 Å². The van der Waals surface area contributed by atoms with Crippen LogP contribution in [0.5, 0.6) is 0 Å². The third-order valence-corrected chi connectivity index (χ3v) is 2.63. The zero-order valence-corrected chi connectivity index (χ0v) is 9.16. The first-order valence-electron chi connectivity index (χ1n) is 4.52. The van der Waals surface area contributed by atoms with Crippen LogP contribution in [0.3, 0.4) is 0 Å². The van der Waals surface area contributed by atoms with Gasteiger partial charge in [0.15, 0.2) is 0 Å². The van der Waals surface area contributed by atoms with Crippen molar-refractivity contribution in [2.75, 3.05) is 7.11 Å². The Morgan fingerprint density at radius 1 is 1.64 bits per heavy atom. The van der Waals surface area contributed by atoms with E-state index < -0.39 is 0 Å². The van der Waals surface area contributed by atoms with Gasteiger partial charge in [-0.25, -0.2) is 0 Å². The van der Waals surface area contributed by atoms with Crippen LogP contribution < -0.4 is 5.73 Å².